The maximum absolute atomic E-state index is 10.3. The highest BCUT2D eigenvalue weighted by Crippen LogP contribution is 1.95. The molecule has 0 rings (SSSR count). The van der Waals surface area contributed by atoms with Crippen molar-refractivity contribution < 1.29 is 9.90 Å². The molecule has 1 atom stereocenters. The predicted octanol–water partition coefficient (Wildman–Crippen LogP) is -0.102. The minimum atomic E-state index is -0.977. The van der Waals surface area contributed by atoms with E-state index in [1.807, 2.05) is 0 Å². The zero-order chi connectivity index (χ0) is 11.1. The molecule has 0 radical (unpaired) electrons. The Morgan fingerprint density at radius 3 is 2.31 bits per heavy atom. The molecule has 5 N–H and O–H groups in total. The highest BCUT2D eigenvalue weighted by Gasteiger charge is 2.09. The van der Waals surface area contributed by atoms with E-state index in [4.69, 9.17) is 16.6 Å². The molecule has 16 heavy (non-hydrogen) atoms. The maximum atomic E-state index is 10.3. The van der Waals surface area contributed by atoms with Crippen LogP contribution in [0, 0.1) is 0 Å². The number of rotatable bonds is 5. The lowest BCUT2D eigenvalue weighted by molar-refractivity contribution is -0.138. The van der Waals surface area contributed by atoms with Crippen molar-refractivity contribution in [3.63, 3.8) is 0 Å². The SMILES string of the molecule is CN(C)C(N)=NCCCC(N)C(=O)O.Cl.Cl. The van der Waals surface area contributed by atoms with E-state index in [2.05, 4.69) is 4.99 Å². The number of carboxylic acids is 1. The van der Waals surface area contributed by atoms with E-state index in [0.717, 1.165) is 0 Å². The molecule has 0 aromatic carbocycles. The van der Waals surface area contributed by atoms with Gasteiger partial charge in [-0.2, -0.15) is 0 Å². The zero-order valence-electron chi connectivity index (χ0n) is 9.42. The number of hydrogen-bond acceptors (Lipinski definition) is 3. The molecule has 0 amide bonds. The number of halogens is 2. The van der Waals surface area contributed by atoms with E-state index >= 15 is 0 Å². The van der Waals surface area contributed by atoms with Gasteiger partial charge in [0.1, 0.15) is 6.04 Å². The average molecular weight is 275 g/mol. The highest BCUT2D eigenvalue weighted by molar-refractivity contribution is 5.85. The molecule has 0 aliphatic rings. The Hall–Kier alpha value is -0.720. The summed E-state index contributed by atoms with van der Waals surface area (Å²) in [6, 6.07) is -0.800. The molecule has 0 heterocycles. The fourth-order valence-corrected chi connectivity index (χ4v) is 0.770. The van der Waals surface area contributed by atoms with Crippen molar-refractivity contribution in [1.29, 1.82) is 0 Å². The molecule has 6 nitrogen and oxygen atoms in total. The van der Waals surface area contributed by atoms with Gasteiger partial charge < -0.3 is 21.5 Å². The summed E-state index contributed by atoms with van der Waals surface area (Å²) in [5.74, 6) is -0.538. The molecule has 0 spiro atoms. The van der Waals surface area contributed by atoms with Crippen molar-refractivity contribution in [1.82, 2.24) is 4.90 Å². The zero-order valence-corrected chi connectivity index (χ0v) is 11.1. The quantitative estimate of drug-likeness (QED) is 0.369. The van der Waals surface area contributed by atoms with Gasteiger partial charge in [0, 0.05) is 20.6 Å². The van der Waals surface area contributed by atoms with E-state index in [1.165, 1.54) is 0 Å². The van der Waals surface area contributed by atoms with Crippen molar-refractivity contribution in [3.8, 4) is 0 Å². The number of aliphatic carboxylic acids is 1. The largest absolute Gasteiger partial charge is 0.480 e. The molecule has 98 valence electrons. The number of nitrogens with two attached hydrogens (primary N) is 2. The second-order valence-corrected chi connectivity index (χ2v) is 3.22. The standard InChI is InChI=1S/C8H18N4O2.2ClH/c1-12(2)8(10)11-5-3-4-6(9)7(13)14;;/h6H,3-5,9H2,1-2H3,(H2,10,11)(H,13,14);2*1H. The molecule has 0 fully saturated rings. The summed E-state index contributed by atoms with van der Waals surface area (Å²) in [5, 5.41) is 8.48. The van der Waals surface area contributed by atoms with Crippen LogP contribution in [0.5, 0.6) is 0 Å². The number of aliphatic imine (C=N–C) groups is 1. The van der Waals surface area contributed by atoms with Crippen molar-refractivity contribution >= 4 is 36.7 Å². The Labute approximate surface area is 108 Å². The Morgan fingerprint density at radius 2 is 1.94 bits per heavy atom. The minimum absolute atomic E-state index is 0. The van der Waals surface area contributed by atoms with Gasteiger partial charge in [0.25, 0.3) is 0 Å². The second kappa shape index (κ2) is 10.8. The van der Waals surface area contributed by atoms with Crippen molar-refractivity contribution in [2.45, 2.75) is 18.9 Å². The van der Waals surface area contributed by atoms with Gasteiger partial charge >= 0.3 is 5.97 Å². The summed E-state index contributed by atoms with van der Waals surface area (Å²) in [6.45, 7) is 0.505. The van der Waals surface area contributed by atoms with Gasteiger partial charge in [-0.15, -0.1) is 24.8 Å². The van der Waals surface area contributed by atoms with Crippen LogP contribution >= 0.6 is 24.8 Å². The van der Waals surface area contributed by atoms with Crippen LogP contribution in [0.2, 0.25) is 0 Å². The third-order valence-electron chi connectivity index (χ3n) is 1.72. The smallest absolute Gasteiger partial charge is 0.320 e. The normalized spacial score (nSPS) is 12.1. The minimum Gasteiger partial charge on any atom is -0.480 e. The molecule has 8 heteroatoms. The van der Waals surface area contributed by atoms with Gasteiger partial charge in [-0.1, -0.05) is 0 Å². The van der Waals surface area contributed by atoms with E-state index < -0.39 is 12.0 Å². The molecule has 0 bridgehead atoms. The van der Waals surface area contributed by atoms with Crippen LogP contribution in [0.25, 0.3) is 0 Å². The van der Waals surface area contributed by atoms with Gasteiger partial charge in [-0.3, -0.25) is 9.79 Å². The highest BCUT2D eigenvalue weighted by atomic mass is 35.5. The van der Waals surface area contributed by atoms with Crippen LogP contribution in [0.3, 0.4) is 0 Å². The first-order valence-electron chi connectivity index (χ1n) is 4.40. The fraction of sp³-hybridized carbons (Fsp3) is 0.750. The van der Waals surface area contributed by atoms with Crippen molar-refractivity contribution in [3.05, 3.63) is 0 Å². The number of hydrogen-bond donors (Lipinski definition) is 3. The fourth-order valence-electron chi connectivity index (χ4n) is 0.770. The van der Waals surface area contributed by atoms with Crippen LogP contribution in [0.4, 0.5) is 0 Å². The number of carbonyl (C=O) groups is 1. The number of guanidine groups is 1. The lowest BCUT2D eigenvalue weighted by Crippen LogP contribution is -2.31. The van der Waals surface area contributed by atoms with Crippen molar-refractivity contribution in [2.75, 3.05) is 20.6 Å². The van der Waals surface area contributed by atoms with Crippen LogP contribution in [0.1, 0.15) is 12.8 Å². The lowest BCUT2D eigenvalue weighted by Gasteiger charge is -2.10. The summed E-state index contributed by atoms with van der Waals surface area (Å²) in [7, 11) is 3.59. The lowest BCUT2D eigenvalue weighted by atomic mass is 10.2. The van der Waals surface area contributed by atoms with E-state index in [0.29, 0.717) is 25.3 Å². The maximum Gasteiger partial charge on any atom is 0.320 e. The third kappa shape index (κ3) is 9.82. The van der Waals surface area contributed by atoms with E-state index in [9.17, 15) is 4.79 Å². The molecule has 0 aliphatic carbocycles. The Morgan fingerprint density at radius 1 is 1.44 bits per heavy atom. The summed E-state index contributed by atoms with van der Waals surface area (Å²) in [6.07, 6.45) is 1.04. The summed E-state index contributed by atoms with van der Waals surface area (Å²) in [5.41, 5.74) is 10.8. The Kier molecular flexibility index (Phi) is 13.9. The van der Waals surface area contributed by atoms with Crippen molar-refractivity contribution in [2.24, 2.45) is 16.5 Å². The first kappa shape index (κ1) is 20.7. The molecule has 0 aliphatic heterocycles. The molecular formula is C8H20Cl2N4O2. The van der Waals surface area contributed by atoms with Gasteiger partial charge in [0.15, 0.2) is 5.96 Å². The monoisotopic (exact) mass is 274 g/mol. The van der Waals surface area contributed by atoms with Gasteiger partial charge in [0.05, 0.1) is 0 Å². The number of carboxylic acid groups (broad SMARTS) is 1. The molecule has 0 aromatic rings. The van der Waals surface area contributed by atoms with Crippen LogP contribution in [0.15, 0.2) is 4.99 Å². The predicted molar refractivity (Wildman–Crippen MR) is 69.5 cm³/mol. The third-order valence-corrected chi connectivity index (χ3v) is 1.72. The molecule has 1 unspecified atom stereocenters. The topological polar surface area (TPSA) is 105 Å². The Balaban J connectivity index is -0.000000845. The Bertz CT molecular complexity index is 224. The van der Waals surface area contributed by atoms with Crippen LogP contribution in [-0.4, -0.2) is 48.6 Å². The summed E-state index contributed by atoms with van der Waals surface area (Å²) in [4.78, 5) is 16.1. The molecule has 0 aromatic heterocycles. The summed E-state index contributed by atoms with van der Waals surface area (Å²) < 4.78 is 0. The van der Waals surface area contributed by atoms with Gasteiger partial charge in [0.2, 0.25) is 0 Å². The molecule has 0 saturated carbocycles. The number of nitrogens with zero attached hydrogens (tertiary/aromatic N) is 2. The summed E-state index contributed by atoms with van der Waals surface area (Å²) >= 11 is 0. The first-order valence-corrected chi connectivity index (χ1v) is 4.40. The van der Waals surface area contributed by atoms with Gasteiger partial charge in [-0.05, 0) is 12.8 Å². The van der Waals surface area contributed by atoms with E-state index in [1.54, 1.807) is 19.0 Å². The van der Waals surface area contributed by atoms with Crippen LogP contribution in [-0.2, 0) is 4.79 Å². The molecule has 0 saturated heterocycles. The average Bonchev–Trinajstić information content (AvgIpc) is 2.11. The molecular weight excluding hydrogens is 255 g/mol. The first-order chi connectivity index (χ1) is 6.45. The second-order valence-electron chi connectivity index (χ2n) is 3.22. The van der Waals surface area contributed by atoms with E-state index in [-0.39, 0.29) is 24.8 Å². The van der Waals surface area contributed by atoms with Gasteiger partial charge in [-0.25, -0.2) is 0 Å². The van der Waals surface area contributed by atoms with Crippen LogP contribution < -0.4 is 11.5 Å².